The van der Waals surface area contributed by atoms with Gasteiger partial charge in [0.2, 0.25) is 5.91 Å². The van der Waals surface area contributed by atoms with Crippen LogP contribution >= 0.6 is 43.2 Å². The molecule has 0 aromatic carbocycles. The fraction of sp³-hybridized carbons (Fsp3) is 0.375. The van der Waals surface area contributed by atoms with Crippen molar-refractivity contribution in [3.63, 3.8) is 0 Å². The summed E-state index contributed by atoms with van der Waals surface area (Å²) in [5, 5.41) is 5.56. The highest BCUT2D eigenvalue weighted by atomic mass is 79.9. The highest BCUT2D eigenvalue weighted by Crippen LogP contribution is 2.19. The summed E-state index contributed by atoms with van der Waals surface area (Å²) in [4.78, 5) is 12.2. The molecule has 2 nitrogen and oxygen atoms in total. The summed E-state index contributed by atoms with van der Waals surface area (Å²) >= 11 is 8.21. The molecule has 5 heteroatoms. The molecular weight excluding hydrogens is 318 g/mol. The van der Waals surface area contributed by atoms with E-state index in [2.05, 4.69) is 37.2 Å². The van der Waals surface area contributed by atoms with Gasteiger partial charge in [-0.3, -0.25) is 4.79 Å². The van der Waals surface area contributed by atoms with Gasteiger partial charge in [0, 0.05) is 26.5 Å². The number of rotatable bonds is 4. The number of hydrogen-bond acceptors (Lipinski definition) is 2. The van der Waals surface area contributed by atoms with E-state index in [0.29, 0.717) is 18.3 Å². The lowest BCUT2D eigenvalue weighted by atomic mass is 10.4. The molecule has 0 saturated heterocycles. The van der Waals surface area contributed by atoms with Crippen molar-refractivity contribution in [1.82, 2.24) is 5.32 Å². The van der Waals surface area contributed by atoms with Crippen molar-refractivity contribution in [2.24, 2.45) is 0 Å². The van der Waals surface area contributed by atoms with Crippen LogP contribution in [0.15, 0.2) is 15.9 Å². The Morgan fingerprint density at radius 1 is 1.62 bits per heavy atom. The van der Waals surface area contributed by atoms with Gasteiger partial charge < -0.3 is 5.32 Å². The van der Waals surface area contributed by atoms with Crippen LogP contribution in [0, 0.1) is 0 Å². The zero-order valence-electron chi connectivity index (χ0n) is 6.85. The van der Waals surface area contributed by atoms with Crippen molar-refractivity contribution in [1.29, 1.82) is 0 Å². The summed E-state index contributed by atoms with van der Waals surface area (Å²) in [6, 6.07) is 2.01. The fourth-order valence-electron chi connectivity index (χ4n) is 0.806. The molecule has 0 saturated carbocycles. The molecule has 1 heterocycles. The molecule has 1 N–H and O–H groups in total. The first-order chi connectivity index (χ1) is 6.22. The maximum Gasteiger partial charge on any atom is 0.221 e. The Labute approximate surface area is 98.0 Å². The largest absolute Gasteiger partial charge is 0.351 e. The predicted molar refractivity (Wildman–Crippen MR) is 62.3 cm³/mol. The van der Waals surface area contributed by atoms with Crippen LogP contribution in [0.3, 0.4) is 0 Å². The van der Waals surface area contributed by atoms with Crippen LogP contribution in [0.4, 0.5) is 0 Å². The second kappa shape index (κ2) is 5.78. The highest BCUT2D eigenvalue weighted by Gasteiger charge is 2.01. The van der Waals surface area contributed by atoms with Crippen molar-refractivity contribution in [2.45, 2.75) is 13.0 Å². The molecule has 0 fully saturated rings. The molecule has 0 radical (unpaired) electrons. The quantitative estimate of drug-likeness (QED) is 0.847. The molecule has 1 rings (SSSR count). The van der Waals surface area contributed by atoms with E-state index in [-0.39, 0.29) is 5.91 Å². The van der Waals surface area contributed by atoms with Crippen LogP contribution in [-0.4, -0.2) is 11.2 Å². The Hall–Kier alpha value is 0.130. The molecule has 0 aliphatic heterocycles. The van der Waals surface area contributed by atoms with Gasteiger partial charge >= 0.3 is 0 Å². The minimum absolute atomic E-state index is 0.0846. The van der Waals surface area contributed by atoms with Crippen LogP contribution in [0.2, 0.25) is 0 Å². The van der Waals surface area contributed by atoms with Crippen molar-refractivity contribution >= 4 is 49.1 Å². The van der Waals surface area contributed by atoms with Gasteiger partial charge in [-0.2, -0.15) is 0 Å². The second-order valence-corrected chi connectivity index (χ2v) is 5.15. The lowest BCUT2D eigenvalue weighted by molar-refractivity contribution is -0.120. The van der Waals surface area contributed by atoms with Gasteiger partial charge in [-0.25, -0.2) is 0 Å². The van der Waals surface area contributed by atoms with Gasteiger partial charge in [0.15, 0.2) is 0 Å². The summed E-state index contributed by atoms with van der Waals surface area (Å²) in [5.74, 6) is 0.0846. The predicted octanol–water partition coefficient (Wildman–Crippen LogP) is 2.91. The molecule has 0 spiro atoms. The summed E-state index contributed by atoms with van der Waals surface area (Å²) in [6.45, 7) is 0.627. The maximum atomic E-state index is 11.1. The number of thiophene rings is 1. The molecule has 13 heavy (non-hydrogen) atoms. The van der Waals surface area contributed by atoms with Gasteiger partial charge in [0.05, 0.1) is 6.54 Å². The number of halogens is 2. The third kappa shape index (κ3) is 4.24. The van der Waals surface area contributed by atoms with E-state index < -0.39 is 0 Å². The van der Waals surface area contributed by atoms with Crippen molar-refractivity contribution in [3.05, 3.63) is 20.8 Å². The number of carbonyl (C=O) groups is 1. The molecule has 1 amide bonds. The van der Waals surface area contributed by atoms with E-state index in [1.54, 1.807) is 11.3 Å². The number of nitrogens with one attached hydrogen (secondary N) is 1. The van der Waals surface area contributed by atoms with E-state index in [9.17, 15) is 4.79 Å². The van der Waals surface area contributed by atoms with Crippen LogP contribution < -0.4 is 5.32 Å². The first kappa shape index (κ1) is 11.2. The number of hydrogen-bond donors (Lipinski definition) is 1. The standard InChI is InChI=1S/C8H9Br2NOS/c9-2-1-8(12)11-4-7-3-6(10)5-13-7/h3,5H,1-2,4H2,(H,11,12). The molecule has 72 valence electrons. The van der Waals surface area contributed by atoms with Crippen LogP contribution in [0.25, 0.3) is 0 Å². The second-order valence-electron chi connectivity index (χ2n) is 2.45. The number of carbonyl (C=O) groups excluding carboxylic acids is 1. The maximum absolute atomic E-state index is 11.1. The minimum Gasteiger partial charge on any atom is -0.351 e. The summed E-state index contributed by atoms with van der Waals surface area (Å²) in [7, 11) is 0. The minimum atomic E-state index is 0.0846. The number of alkyl halides is 1. The van der Waals surface area contributed by atoms with Crippen LogP contribution in [0.1, 0.15) is 11.3 Å². The lowest BCUT2D eigenvalue weighted by Gasteiger charge is -2.00. The smallest absolute Gasteiger partial charge is 0.221 e. The molecule has 0 atom stereocenters. The van der Waals surface area contributed by atoms with Gasteiger partial charge in [-0.05, 0) is 22.0 Å². The van der Waals surface area contributed by atoms with Crippen LogP contribution in [0.5, 0.6) is 0 Å². The zero-order chi connectivity index (χ0) is 9.68. The first-order valence-electron chi connectivity index (χ1n) is 3.78. The van der Waals surface area contributed by atoms with E-state index in [1.165, 1.54) is 0 Å². The average molecular weight is 327 g/mol. The molecule has 1 aromatic heterocycles. The van der Waals surface area contributed by atoms with E-state index in [1.807, 2.05) is 11.4 Å². The molecular formula is C8H9Br2NOS. The van der Waals surface area contributed by atoms with Gasteiger partial charge in [0.25, 0.3) is 0 Å². The molecule has 0 aliphatic rings. The SMILES string of the molecule is O=C(CCBr)NCc1cc(Br)cs1. The Morgan fingerprint density at radius 2 is 2.38 bits per heavy atom. The van der Waals surface area contributed by atoms with Crippen molar-refractivity contribution < 1.29 is 4.79 Å². The third-order valence-electron chi connectivity index (χ3n) is 1.40. The normalized spacial score (nSPS) is 10.0. The molecule has 1 aromatic rings. The van der Waals surface area contributed by atoms with Gasteiger partial charge in [-0.1, -0.05) is 15.9 Å². The monoisotopic (exact) mass is 325 g/mol. The Morgan fingerprint density at radius 3 is 2.92 bits per heavy atom. The van der Waals surface area contributed by atoms with Crippen molar-refractivity contribution in [2.75, 3.05) is 5.33 Å². The molecule has 0 unspecified atom stereocenters. The van der Waals surface area contributed by atoms with Crippen molar-refractivity contribution in [3.8, 4) is 0 Å². The highest BCUT2D eigenvalue weighted by molar-refractivity contribution is 9.10. The molecule has 0 bridgehead atoms. The molecule has 0 aliphatic carbocycles. The summed E-state index contributed by atoms with van der Waals surface area (Å²) in [6.07, 6.45) is 0.534. The van der Waals surface area contributed by atoms with E-state index >= 15 is 0 Å². The summed E-state index contributed by atoms with van der Waals surface area (Å²) < 4.78 is 1.07. The first-order valence-corrected chi connectivity index (χ1v) is 6.57. The Balaban J connectivity index is 2.30. The Bertz CT molecular complexity index is 287. The van der Waals surface area contributed by atoms with Gasteiger partial charge in [0.1, 0.15) is 0 Å². The average Bonchev–Trinajstić information content (AvgIpc) is 2.49. The Kier molecular flexibility index (Phi) is 4.98. The number of amides is 1. The van der Waals surface area contributed by atoms with E-state index in [4.69, 9.17) is 0 Å². The third-order valence-corrected chi connectivity index (χ3v) is 3.50. The zero-order valence-corrected chi connectivity index (χ0v) is 10.8. The lowest BCUT2D eigenvalue weighted by Crippen LogP contribution is -2.22. The van der Waals surface area contributed by atoms with Crippen LogP contribution in [-0.2, 0) is 11.3 Å². The summed E-state index contributed by atoms with van der Waals surface area (Å²) in [5.41, 5.74) is 0. The van der Waals surface area contributed by atoms with E-state index in [0.717, 1.165) is 9.35 Å². The fourth-order valence-corrected chi connectivity index (χ4v) is 2.56. The van der Waals surface area contributed by atoms with Gasteiger partial charge in [-0.15, -0.1) is 11.3 Å². The topological polar surface area (TPSA) is 29.1 Å².